The van der Waals surface area contributed by atoms with Gasteiger partial charge in [-0.25, -0.2) is 0 Å². The number of rotatable bonds is 8. The van der Waals surface area contributed by atoms with E-state index in [1.54, 1.807) is 4.90 Å². The zero-order chi connectivity index (χ0) is 24.7. The molecule has 0 aromatic heterocycles. The van der Waals surface area contributed by atoms with Crippen molar-refractivity contribution in [1.29, 1.82) is 0 Å². The Bertz CT molecular complexity index is 942. The summed E-state index contributed by atoms with van der Waals surface area (Å²) in [5.74, 6) is -0.0788. The van der Waals surface area contributed by atoms with E-state index in [9.17, 15) is 9.59 Å². The molecule has 0 spiro atoms. The maximum Gasteiger partial charge on any atom is 0.242 e. The third kappa shape index (κ3) is 7.59. The van der Waals surface area contributed by atoms with Gasteiger partial charge in [0.25, 0.3) is 0 Å². The normalized spacial score (nSPS) is 15.6. The highest BCUT2D eigenvalue weighted by Crippen LogP contribution is 2.23. The van der Waals surface area contributed by atoms with Crippen LogP contribution in [0.4, 0.5) is 0 Å². The van der Waals surface area contributed by atoms with E-state index in [4.69, 9.17) is 11.6 Å². The summed E-state index contributed by atoms with van der Waals surface area (Å²) >= 11 is 6.04. The molecule has 2 amide bonds. The Morgan fingerprint density at radius 2 is 1.56 bits per heavy atom. The van der Waals surface area contributed by atoms with Crippen LogP contribution in [0.15, 0.2) is 48.5 Å². The number of carbonyl (C=O) groups is 2. The van der Waals surface area contributed by atoms with Crippen molar-refractivity contribution in [3.63, 3.8) is 0 Å². The van der Waals surface area contributed by atoms with E-state index in [0.717, 1.165) is 36.8 Å². The number of carbonyl (C=O) groups excluding carboxylic acids is 2. The largest absolute Gasteiger partial charge is 0.352 e. The predicted molar refractivity (Wildman–Crippen MR) is 140 cm³/mol. The highest BCUT2D eigenvalue weighted by atomic mass is 35.5. The molecule has 2 aromatic carbocycles. The monoisotopic (exact) mass is 482 g/mol. The maximum atomic E-state index is 13.4. The molecular weight excluding hydrogens is 444 g/mol. The highest BCUT2D eigenvalue weighted by Gasteiger charge is 2.28. The minimum atomic E-state index is -0.534. The van der Waals surface area contributed by atoms with Gasteiger partial charge in [0.05, 0.1) is 0 Å². The van der Waals surface area contributed by atoms with Crippen LogP contribution in [0.25, 0.3) is 0 Å². The van der Waals surface area contributed by atoms with Crippen LogP contribution in [0, 0.1) is 0 Å². The second kappa shape index (κ2) is 11.9. The molecule has 4 nitrogen and oxygen atoms in total. The first-order valence-corrected chi connectivity index (χ1v) is 12.9. The fourth-order valence-electron chi connectivity index (χ4n) is 4.50. The summed E-state index contributed by atoms with van der Waals surface area (Å²) < 4.78 is 0. The summed E-state index contributed by atoms with van der Waals surface area (Å²) in [5, 5.41) is 3.84. The summed E-state index contributed by atoms with van der Waals surface area (Å²) in [6.45, 7) is 8.81. The number of hydrogen-bond donors (Lipinski definition) is 1. The number of nitrogens with zero attached hydrogens (tertiary/aromatic N) is 1. The molecule has 0 heterocycles. The van der Waals surface area contributed by atoms with Crippen molar-refractivity contribution in [3.05, 3.63) is 70.2 Å². The lowest BCUT2D eigenvalue weighted by Gasteiger charge is -2.31. The average molecular weight is 483 g/mol. The molecule has 1 atom stereocenters. The Morgan fingerprint density at radius 1 is 0.971 bits per heavy atom. The second-order valence-electron chi connectivity index (χ2n) is 10.6. The summed E-state index contributed by atoms with van der Waals surface area (Å²) in [6, 6.07) is 15.7. The van der Waals surface area contributed by atoms with Gasteiger partial charge >= 0.3 is 0 Å². The van der Waals surface area contributed by atoms with E-state index in [1.807, 2.05) is 31.2 Å². The first-order valence-electron chi connectivity index (χ1n) is 12.6. The molecule has 2 aromatic rings. The molecule has 0 radical (unpaired) electrons. The van der Waals surface area contributed by atoms with Gasteiger partial charge in [0.15, 0.2) is 0 Å². The minimum Gasteiger partial charge on any atom is -0.352 e. The maximum absolute atomic E-state index is 13.4. The molecule has 0 saturated heterocycles. The van der Waals surface area contributed by atoms with E-state index < -0.39 is 6.04 Å². The predicted octanol–water partition coefficient (Wildman–Crippen LogP) is 6.44. The second-order valence-corrected chi connectivity index (χ2v) is 11.1. The first-order chi connectivity index (χ1) is 16.1. The number of benzene rings is 2. The smallest absolute Gasteiger partial charge is 0.242 e. The number of aryl methyl sites for hydroxylation is 1. The number of amides is 2. The van der Waals surface area contributed by atoms with Gasteiger partial charge in [-0.15, -0.1) is 0 Å². The van der Waals surface area contributed by atoms with Crippen LogP contribution in [0.1, 0.15) is 82.9 Å². The van der Waals surface area contributed by atoms with Gasteiger partial charge in [-0.05, 0) is 60.4 Å². The van der Waals surface area contributed by atoms with Gasteiger partial charge in [0, 0.05) is 24.0 Å². The molecule has 5 heteroatoms. The Hall–Kier alpha value is -2.33. The zero-order valence-electron chi connectivity index (χ0n) is 21.1. The van der Waals surface area contributed by atoms with Crippen molar-refractivity contribution in [2.24, 2.45) is 0 Å². The molecule has 0 aliphatic heterocycles. The van der Waals surface area contributed by atoms with Gasteiger partial charge < -0.3 is 10.2 Å². The van der Waals surface area contributed by atoms with Crippen LogP contribution in [-0.2, 0) is 28.0 Å². The van der Waals surface area contributed by atoms with Crippen LogP contribution in [0.5, 0.6) is 0 Å². The minimum absolute atomic E-state index is 0.0128. The third-order valence-corrected chi connectivity index (χ3v) is 7.08. The number of nitrogens with one attached hydrogen (secondary N) is 1. The Balaban J connectivity index is 1.69. The molecule has 1 aliphatic rings. The molecule has 1 fully saturated rings. The quantitative estimate of drug-likeness (QED) is 0.470. The highest BCUT2D eigenvalue weighted by molar-refractivity contribution is 6.30. The lowest BCUT2D eigenvalue weighted by molar-refractivity contribution is -0.141. The van der Waals surface area contributed by atoms with Gasteiger partial charge in [0.2, 0.25) is 11.8 Å². The van der Waals surface area contributed by atoms with E-state index in [0.29, 0.717) is 24.4 Å². The van der Waals surface area contributed by atoms with Crippen LogP contribution >= 0.6 is 11.6 Å². The Morgan fingerprint density at radius 3 is 2.15 bits per heavy atom. The van der Waals surface area contributed by atoms with Crippen molar-refractivity contribution in [2.75, 3.05) is 0 Å². The first kappa shape index (κ1) is 26.3. The van der Waals surface area contributed by atoms with E-state index >= 15 is 0 Å². The van der Waals surface area contributed by atoms with Gasteiger partial charge in [0.1, 0.15) is 6.04 Å². The number of hydrogen-bond acceptors (Lipinski definition) is 2. The van der Waals surface area contributed by atoms with Gasteiger partial charge in [-0.2, -0.15) is 0 Å². The molecule has 184 valence electrons. The van der Waals surface area contributed by atoms with Crippen molar-refractivity contribution in [3.8, 4) is 0 Å². The molecule has 1 N–H and O–H groups in total. The van der Waals surface area contributed by atoms with Gasteiger partial charge in [-0.1, -0.05) is 88.0 Å². The van der Waals surface area contributed by atoms with E-state index in [2.05, 4.69) is 50.4 Å². The van der Waals surface area contributed by atoms with Crippen molar-refractivity contribution >= 4 is 23.4 Å². The summed E-state index contributed by atoms with van der Waals surface area (Å²) in [4.78, 5) is 28.2. The molecule has 0 bridgehead atoms. The molecule has 34 heavy (non-hydrogen) atoms. The lowest BCUT2D eigenvalue weighted by atomic mass is 9.86. The van der Waals surface area contributed by atoms with Crippen molar-refractivity contribution < 1.29 is 9.59 Å². The van der Waals surface area contributed by atoms with Crippen LogP contribution < -0.4 is 5.32 Å². The lowest BCUT2D eigenvalue weighted by Crippen LogP contribution is -2.50. The Labute approximate surface area is 210 Å². The van der Waals surface area contributed by atoms with Crippen LogP contribution in [0.2, 0.25) is 5.02 Å². The molecule has 1 saturated carbocycles. The summed E-state index contributed by atoms with van der Waals surface area (Å²) in [7, 11) is 0. The van der Waals surface area contributed by atoms with E-state index in [-0.39, 0.29) is 23.3 Å². The fraction of sp³-hybridized carbons (Fsp3) is 0.517. The van der Waals surface area contributed by atoms with E-state index in [1.165, 1.54) is 12.0 Å². The standard InChI is InChI=1S/C29H39ClN2O2/c1-21(28(34)31-26-8-6-5-7-9-26)32(20-23-12-17-25(30)18-13-23)27(33)19-14-22-10-15-24(16-11-22)29(2,3)4/h10-13,15-18,21,26H,5-9,14,19-20H2,1-4H3,(H,31,34)/t21-/m0/s1. The molecular formula is C29H39ClN2O2. The van der Waals surface area contributed by atoms with Crippen LogP contribution in [0.3, 0.4) is 0 Å². The topological polar surface area (TPSA) is 49.4 Å². The molecule has 1 aliphatic carbocycles. The summed E-state index contributed by atoms with van der Waals surface area (Å²) in [6.07, 6.45) is 6.60. The van der Waals surface area contributed by atoms with Crippen molar-refractivity contribution in [2.45, 2.75) is 96.7 Å². The number of halogens is 1. The average Bonchev–Trinajstić information content (AvgIpc) is 2.82. The van der Waals surface area contributed by atoms with Gasteiger partial charge in [-0.3, -0.25) is 9.59 Å². The van der Waals surface area contributed by atoms with Crippen LogP contribution in [-0.4, -0.2) is 28.8 Å². The zero-order valence-corrected chi connectivity index (χ0v) is 21.8. The molecule has 3 rings (SSSR count). The fourth-order valence-corrected chi connectivity index (χ4v) is 4.63. The summed E-state index contributed by atoms with van der Waals surface area (Å²) in [5.41, 5.74) is 3.47. The third-order valence-electron chi connectivity index (χ3n) is 6.83. The Kier molecular flexibility index (Phi) is 9.18. The molecule has 0 unspecified atom stereocenters. The SMILES string of the molecule is C[C@@H](C(=O)NC1CCCCC1)N(Cc1ccc(Cl)cc1)C(=O)CCc1ccc(C(C)(C)C)cc1. The van der Waals surface area contributed by atoms with Crippen molar-refractivity contribution in [1.82, 2.24) is 10.2 Å².